The zero-order chi connectivity index (χ0) is 19.0. The predicted molar refractivity (Wildman–Crippen MR) is 109 cm³/mol. The van der Waals surface area contributed by atoms with E-state index in [-0.39, 0.29) is 11.9 Å². The van der Waals surface area contributed by atoms with E-state index in [4.69, 9.17) is 0 Å². The van der Waals surface area contributed by atoms with Crippen molar-refractivity contribution in [2.45, 2.75) is 25.9 Å². The lowest BCUT2D eigenvalue weighted by Crippen LogP contribution is -2.17. The molecule has 2 heterocycles. The average molecular weight is 426 g/mol. The zero-order valence-electron chi connectivity index (χ0n) is 15.2. The van der Waals surface area contributed by atoms with E-state index in [1.54, 1.807) is 7.05 Å². The summed E-state index contributed by atoms with van der Waals surface area (Å²) in [5.41, 5.74) is 6.01. The maximum atomic E-state index is 11.7. The third kappa shape index (κ3) is 3.35. The van der Waals surface area contributed by atoms with E-state index in [1.807, 2.05) is 35.9 Å². The number of carbonyl (C=O) groups is 1. The molecule has 4 rings (SSSR count). The Morgan fingerprint density at radius 3 is 2.74 bits per heavy atom. The first-order valence-electron chi connectivity index (χ1n) is 8.85. The minimum atomic E-state index is -0.0845. The number of hydrogen-bond acceptors (Lipinski definition) is 4. The van der Waals surface area contributed by atoms with Gasteiger partial charge in [-0.3, -0.25) is 4.79 Å². The van der Waals surface area contributed by atoms with Crippen LogP contribution in [-0.2, 0) is 6.54 Å². The Balaban J connectivity index is 1.69. The number of benzene rings is 2. The highest BCUT2D eigenvalue weighted by atomic mass is 79.9. The van der Waals surface area contributed by atoms with Gasteiger partial charge < -0.3 is 10.6 Å². The third-order valence-electron chi connectivity index (χ3n) is 4.89. The van der Waals surface area contributed by atoms with Crippen LogP contribution in [0.2, 0.25) is 0 Å². The number of hydrogen-bond donors (Lipinski definition) is 2. The van der Waals surface area contributed by atoms with Gasteiger partial charge in [-0.1, -0.05) is 27.2 Å². The normalized spacial score (nSPS) is 15.4. The highest BCUT2D eigenvalue weighted by Crippen LogP contribution is 2.38. The van der Waals surface area contributed by atoms with Gasteiger partial charge in [-0.25, -0.2) is 4.68 Å². The van der Waals surface area contributed by atoms with Crippen LogP contribution in [-0.4, -0.2) is 27.9 Å². The van der Waals surface area contributed by atoms with Gasteiger partial charge in [0.05, 0.1) is 17.4 Å². The highest BCUT2D eigenvalue weighted by molar-refractivity contribution is 9.10. The maximum absolute atomic E-state index is 11.7. The number of rotatable bonds is 3. The fourth-order valence-electron chi connectivity index (χ4n) is 3.55. The largest absolute Gasteiger partial charge is 0.378 e. The molecule has 1 atom stereocenters. The van der Waals surface area contributed by atoms with E-state index in [0.717, 1.165) is 40.1 Å². The SMILES string of the molecule is CNC(=O)c1ccc(NC2CCn3nnc(C)c3-c3ccc(Br)cc32)cc1. The Morgan fingerprint density at radius 2 is 2.00 bits per heavy atom. The molecule has 0 bridgehead atoms. The number of carbonyl (C=O) groups excluding carboxylic acids is 1. The minimum Gasteiger partial charge on any atom is -0.378 e. The Bertz CT molecular complexity index is 996. The number of aryl methyl sites for hydroxylation is 2. The molecule has 0 saturated heterocycles. The molecule has 2 aromatic carbocycles. The van der Waals surface area contributed by atoms with Gasteiger partial charge in [0, 0.05) is 34.9 Å². The quantitative estimate of drug-likeness (QED) is 0.666. The third-order valence-corrected chi connectivity index (χ3v) is 5.39. The second-order valence-corrected chi connectivity index (χ2v) is 7.54. The van der Waals surface area contributed by atoms with Crippen LogP contribution in [0.3, 0.4) is 0 Å². The first kappa shape index (κ1) is 17.7. The Hall–Kier alpha value is -2.67. The molecule has 0 aliphatic carbocycles. The molecule has 0 spiro atoms. The summed E-state index contributed by atoms with van der Waals surface area (Å²) in [6.07, 6.45) is 0.885. The van der Waals surface area contributed by atoms with Gasteiger partial charge >= 0.3 is 0 Å². The molecule has 0 fully saturated rings. The standard InChI is InChI=1S/C20H20BrN5O/c1-12-19-16-8-5-14(21)11-17(16)18(9-10-26(19)25-24-12)23-15-6-3-13(4-7-15)20(27)22-2/h3-8,11,18,23H,9-10H2,1-2H3,(H,22,27). The lowest BCUT2D eigenvalue weighted by molar-refractivity contribution is 0.0963. The summed E-state index contributed by atoms with van der Waals surface area (Å²) in [5.74, 6) is -0.0845. The van der Waals surface area contributed by atoms with Crippen LogP contribution in [0.15, 0.2) is 46.9 Å². The van der Waals surface area contributed by atoms with Gasteiger partial charge in [0.1, 0.15) is 0 Å². The number of nitrogens with zero attached hydrogens (tertiary/aromatic N) is 3. The molecule has 0 saturated carbocycles. The summed E-state index contributed by atoms with van der Waals surface area (Å²) in [6, 6.07) is 14.0. The van der Waals surface area contributed by atoms with E-state index < -0.39 is 0 Å². The van der Waals surface area contributed by atoms with Crippen molar-refractivity contribution in [3.05, 3.63) is 63.8 Å². The van der Waals surface area contributed by atoms with Crippen LogP contribution in [0.4, 0.5) is 5.69 Å². The molecule has 1 unspecified atom stereocenters. The summed E-state index contributed by atoms with van der Waals surface area (Å²) in [4.78, 5) is 11.7. The van der Waals surface area contributed by atoms with Crippen LogP contribution in [0.1, 0.15) is 34.1 Å². The summed E-state index contributed by atoms with van der Waals surface area (Å²) >= 11 is 3.60. The Morgan fingerprint density at radius 1 is 1.22 bits per heavy atom. The van der Waals surface area contributed by atoms with Gasteiger partial charge in [0.15, 0.2) is 0 Å². The zero-order valence-corrected chi connectivity index (χ0v) is 16.7. The van der Waals surface area contributed by atoms with Crippen LogP contribution >= 0.6 is 15.9 Å². The lowest BCUT2D eigenvalue weighted by Gasteiger charge is -2.21. The first-order valence-corrected chi connectivity index (χ1v) is 9.64. The van der Waals surface area contributed by atoms with Gasteiger partial charge in [-0.2, -0.15) is 0 Å². The molecule has 1 aromatic heterocycles. The van der Waals surface area contributed by atoms with Crippen molar-refractivity contribution in [3.8, 4) is 11.3 Å². The molecule has 6 nitrogen and oxygen atoms in total. The van der Waals surface area contributed by atoms with E-state index in [2.05, 4.69) is 55.1 Å². The minimum absolute atomic E-state index is 0.0845. The number of anilines is 1. The van der Waals surface area contributed by atoms with Gasteiger partial charge in [-0.05, 0) is 55.3 Å². The summed E-state index contributed by atoms with van der Waals surface area (Å²) in [7, 11) is 1.63. The summed E-state index contributed by atoms with van der Waals surface area (Å²) in [6.45, 7) is 2.78. The van der Waals surface area contributed by atoms with E-state index >= 15 is 0 Å². The number of fused-ring (bicyclic) bond motifs is 3. The van der Waals surface area contributed by atoms with Gasteiger partial charge in [0.2, 0.25) is 0 Å². The number of aromatic nitrogens is 3. The number of amides is 1. The Labute approximate surface area is 166 Å². The molecular formula is C20H20BrN5O. The van der Waals surface area contributed by atoms with Crippen LogP contribution < -0.4 is 10.6 Å². The number of halogens is 1. The summed E-state index contributed by atoms with van der Waals surface area (Å²) < 4.78 is 3.03. The Kier molecular flexibility index (Phi) is 4.70. The molecule has 2 N–H and O–H groups in total. The highest BCUT2D eigenvalue weighted by Gasteiger charge is 2.25. The average Bonchev–Trinajstić information content (AvgIpc) is 2.97. The van der Waals surface area contributed by atoms with Crippen molar-refractivity contribution in [2.24, 2.45) is 0 Å². The van der Waals surface area contributed by atoms with Gasteiger partial charge in [-0.15, -0.1) is 5.10 Å². The lowest BCUT2D eigenvalue weighted by atomic mass is 9.96. The molecule has 1 aliphatic rings. The van der Waals surface area contributed by atoms with E-state index in [0.29, 0.717) is 5.56 Å². The predicted octanol–water partition coefficient (Wildman–Crippen LogP) is 3.93. The van der Waals surface area contributed by atoms with Crippen molar-refractivity contribution in [3.63, 3.8) is 0 Å². The second-order valence-electron chi connectivity index (χ2n) is 6.62. The smallest absolute Gasteiger partial charge is 0.251 e. The number of nitrogens with one attached hydrogen (secondary N) is 2. The molecule has 1 aliphatic heterocycles. The maximum Gasteiger partial charge on any atom is 0.251 e. The van der Waals surface area contributed by atoms with Crippen molar-refractivity contribution < 1.29 is 4.79 Å². The van der Waals surface area contributed by atoms with E-state index in [9.17, 15) is 4.79 Å². The van der Waals surface area contributed by atoms with Crippen LogP contribution in [0.25, 0.3) is 11.3 Å². The van der Waals surface area contributed by atoms with Crippen LogP contribution in [0.5, 0.6) is 0 Å². The summed E-state index contributed by atoms with van der Waals surface area (Å²) in [5, 5.41) is 14.8. The topological polar surface area (TPSA) is 71.8 Å². The van der Waals surface area contributed by atoms with Gasteiger partial charge in [0.25, 0.3) is 5.91 Å². The van der Waals surface area contributed by atoms with E-state index in [1.165, 1.54) is 5.56 Å². The molecule has 1 amide bonds. The fourth-order valence-corrected chi connectivity index (χ4v) is 3.93. The molecular weight excluding hydrogens is 406 g/mol. The van der Waals surface area contributed by atoms with Crippen molar-refractivity contribution in [2.75, 3.05) is 12.4 Å². The van der Waals surface area contributed by atoms with Crippen molar-refractivity contribution in [1.29, 1.82) is 0 Å². The second kappa shape index (κ2) is 7.15. The van der Waals surface area contributed by atoms with Crippen molar-refractivity contribution >= 4 is 27.5 Å². The van der Waals surface area contributed by atoms with Crippen LogP contribution in [0, 0.1) is 6.92 Å². The molecule has 7 heteroatoms. The molecule has 3 aromatic rings. The monoisotopic (exact) mass is 425 g/mol. The van der Waals surface area contributed by atoms with Crippen molar-refractivity contribution in [1.82, 2.24) is 20.3 Å². The molecule has 27 heavy (non-hydrogen) atoms. The molecule has 0 radical (unpaired) electrons. The first-order chi connectivity index (χ1) is 13.1. The fraction of sp³-hybridized carbons (Fsp3) is 0.250. The molecule has 138 valence electrons.